The molecule has 1 rings (SSSR count). The van der Waals surface area contributed by atoms with E-state index in [9.17, 15) is 18.0 Å². The summed E-state index contributed by atoms with van der Waals surface area (Å²) >= 11 is 0. The van der Waals surface area contributed by atoms with Crippen LogP contribution in [-0.4, -0.2) is 41.4 Å². The minimum Gasteiger partial charge on any atom is -0.481 e. The number of aliphatic carboxylic acids is 2. The van der Waals surface area contributed by atoms with Crippen LogP contribution >= 0.6 is 0 Å². The number of carboxylic acids is 2. The Hall–Kier alpha value is -1.31. The van der Waals surface area contributed by atoms with E-state index >= 15 is 0 Å². The van der Waals surface area contributed by atoms with Gasteiger partial charge in [-0.05, 0) is 19.8 Å². The van der Waals surface area contributed by atoms with Gasteiger partial charge in [-0.3, -0.25) is 4.79 Å². The molecule has 0 aromatic heterocycles. The van der Waals surface area contributed by atoms with Crippen LogP contribution in [0.3, 0.4) is 0 Å². The van der Waals surface area contributed by atoms with Gasteiger partial charge in [-0.1, -0.05) is 0 Å². The van der Waals surface area contributed by atoms with Crippen LogP contribution in [0.1, 0.15) is 13.8 Å². The van der Waals surface area contributed by atoms with Crippen molar-refractivity contribution in [1.82, 2.24) is 5.32 Å². The zero-order chi connectivity index (χ0) is 13.9. The third kappa shape index (κ3) is 4.59. The third-order valence-corrected chi connectivity index (χ3v) is 2.60. The Morgan fingerprint density at radius 2 is 1.47 bits per heavy atom. The summed E-state index contributed by atoms with van der Waals surface area (Å²) in [6.45, 7) is 5.25. The first-order valence-corrected chi connectivity index (χ1v) is 4.73. The summed E-state index contributed by atoms with van der Waals surface area (Å²) in [6, 6.07) is 0. The topological polar surface area (TPSA) is 86.6 Å². The van der Waals surface area contributed by atoms with Gasteiger partial charge in [0.05, 0.1) is 5.41 Å². The number of hydrogen-bond donors (Lipinski definition) is 3. The molecule has 0 bridgehead atoms. The maximum Gasteiger partial charge on any atom is 0.490 e. The molecular weight excluding hydrogens is 243 g/mol. The number of halogens is 3. The van der Waals surface area contributed by atoms with E-state index in [1.165, 1.54) is 0 Å². The zero-order valence-electron chi connectivity index (χ0n) is 9.34. The number of rotatable bonds is 2. The predicted octanol–water partition coefficient (Wildman–Crippen LogP) is 0.950. The number of carbonyl (C=O) groups is 2. The fraction of sp³-hybridized carbons (Fsp3) is 0.778. The first kappa shape index (κ1) is 15.7. The van der Waals surface area contributed by atoms with E-state index in [2.05, 4.69) is 5.32 Å². The SMILES string of the molecule is CC(C)(C(=O)O)C1CNC1.O=C(O)C(F)(F)F. The number of carboxylic acid groups (broad SMARTS) is 2. The van der Waals surface area contributed by atoms with Crippen LogP contribution in [0.15, 0.2) is 0 Å². The second kappa shape index (κ2) is 5.35. The van der Waals surface area contributed by atoms with Gasteiger partial charge in [0.1, 0.15) is 0 Å². The Balaban J connectivity index is 0.000000325. The lowest BCUT2D eigenvalue weighted by molar-refractivity contribution is -0.192. The first-order chi connectivity index (χ1) is 7.49. The molecule has 1 heterocycles. The quantitative estimate of drug-likeness (QED) is 0.685. The van der Waals surface area contributed by atoms with Gasteiger partial charge in [0.2, 0.25) is 0 Å². The summed E-state index contributed by atoms with van der Waals surface area (Å²) in [7, 11) is 0. The van der Waals surface area contributed by atoms with E-state index in [1.54, 1.807) is 13.8 Å². The van der Waals surface area contributed by atoms with Crippen molar-refractivity contribution < 1.29 is 33.0 Å². The molecule has 8 heteroatoms. The lowest BCUT2D eigenvalue weighted by Crippen LogP contribution is -2.52. The average Bonchev–Trinajstić information content (AvgIpc) is 1.98. The van der Waals surface area contributed by atoms with E-state index in [0.29, 0.717) is 5.92 Å². The van der Waals surface area contributed by atoms with Gasteiger partial charge in [0.25, 0.3) is 0 Å². The van der Waals surface area contributed by atoms with Crippen LogP contribution in [0.4, 0.5) is 13.2 Å². The molecule has 0 spiro atoms. The van der Waals surface area contributed by atoms with Gasteiger partial charge in [-0.2, -0.15) is 13.2 Å². The van der Waals surface area contributed by atoms with Crippen molar-refractivity contribution in [2.45, 2.75) is 20.0 Å². The molecule has 0 aromatic rings. The monoisotopic (exact) mass is 257 g/mol. The van der Waals surface area contributed by atoms with Crippen molar-refractivity contribution >= 4 is 11.9 Å². The minimum atomic E-state index is -5.08. The third-order valence-electron chi connectivity index (χ3n) is 2.60. The summed E-state index contributed by atoms with van der Waals surface area (Å²) in [4.78, 5) is 19.5. The molecule has 0 aliphatic carbocycles. The normalized spacial score (nSPS) is 16.5. The molecule has 0 unspecified atom stereocenters. The molecule has 1 saturated heterocycles. The minimum absolute atomic E-state index is 0.310. The van der Waals surface area contributed by atoms with E-state index < -0.39 is 23.5 Å². The van der Waals surface area contributed by atoms with E-state index in [4.69, 9.17) is 15.0 Å². The van der Waals surface area contributed by atoms with Crippen LogP contribution in [0.2, 0.25) is 0 Å². The van der Waals surface area contributed by atoms with Crippen LogP contribution in [0.25, 0.3) is 0 Å². The molecule has 5 nitrogen and oxygen atoms in total. The molecule has 17 heavy (non-hydrogen) atoms. The van der Waals surface area contributed by atoms with Crippen LogP contribution < -0.4 is 5.32 Å². The lowest BCUT2D eigenvalue weighted by Gasteiger charge is -2.37. The standard InChI is InChI=1S/C7H13NO2.C2HF3O2/c1-7(2,6(9)10)5-3-8-4-5;3-2(4,5)1(6)7/h5,8H,3-4H2,1-2H3,(H,9,10);(H,6,7). The first-order valence-electron chi connectivity index (χ1n) is 4.73. The van der Waals surface area contributed by atoms with Gasteiger partial charge in [-0.15, -0.1) is 0 Å². The van der Waals surface area contributed by atoms with Gasteiger partial charge in [0, 0.05) is 13.1 Å². The molecule has 1 aliphatic heterocycles. The highest BCUT2D eigenvalue weighted by Gasteiger charge is 2.40. The maximum atomic E-state index is 10.6. The fourth-order valence-electron chi connectivity index (χ4n) is 0.974. The highest BCUT2D eigenvalue weighted by molar-refractivity contribution is 5.74. The van der Waals surface area contributed by atoms with Crippen molar-refractivity contribution in [3.63, 3.8) is 0 Å². The van der Waals surface area contributed by atoms with Gasteiger partial charge >= 0.3 is 18.1 Å². The summed E-state index contributed by atoms with van der Waals surface area (Å²) in [5.41, 5.74) is -0.550. The zero-order valence-corrected chi connectivity index (χ0v) is 9.34. The maximum absolute atomic E-state index is 10.6. The average molecular weight is 257 g/mol. The molecule has 1 fully saturated rings. The highest BCUT2D eigenvalue weighted by atomic mass is 19.4. The second-order valence-corrected chi connectivity index (χ2v) is 4.18. The predicted molar refractivity (Wildman–Crippen MR) is 51.5 cm³/mol. The van der Waals surface area contributed by atoms with Gasteiger partial charge in [-0.25, -0.2) is 4.79 Å². The van der Waals surface area contributed by atoms with E-state index in [-0.39, 0.29) is 0 Å². The largest absolute Gasteiger partial charge is 0.490 e. The van der Waals surface area contributed by atoms with Crippen LogP contribution in [-0.2, 0) is 9.59 Å². The van der Waals surface area contributed by atoms with Crippen LogP contribution in [0, 0.1) is 11.3 Å². The van der Waals surface area contributed by atoms with Crippen molar-refractivity contribution in [2.24, 2.45) is 11.3 Å². The molecular formula is C9H14F3NO4. The Morgan fingerprint density at radius 1 is 1.12 bits per heavy atom. The molecule has 0 atom stereocenters. The molecule has 3 N–H and O–H groups in total. The van der Waals surface area contributed by atoms with Crippen molar-refractivity contribution in [3.05, 3.63) is 0 Å². The Bertz CT molecular complexity index is 297. The highest BCUT2D eigenvalue weighted by Crippen LogP contribution is 2.29. The van der Waals surface area contributed by atoms with Gasteiger partial charge in [0.15, 0.2) is 0 Å². The van der Waals surface area contributed by atoms with Crippen molar-refractivity contribution in [2.75, 3.05) is 13.1 Å². The van der Waals surface area contributed by atoms with Crippen LogP contribution in [0.5, 0.6) is 0 Å². The molecule has 0 aromatic carbocycles. The molecule has 0 radical (unpaired) electrons. The second-order valence-electron chi connectivity index (χ2n) is 4.18. The molecule has 1 aliphatic rings. The Kier molecular flexibility index (Phi) is 4.94. The summed E-state index contributed by atoms with van der Waals surface area (Å²) in [5.74, 6) is -3.14. The number of nitrogens with one attached hydrogen (secondary N) is 1. The number of alkyl halides is 3. The fourth-order valence-corrected chi connectivity index (χ4v) is 0.974. The Morgan fingerprint density at radius 3 is 1.53 bits per heavy atom. The summed E-state index contributed by atoms with van der Waals surface area (Å²) in [5, 5.41) is 18.9. The summed E-state index contributed by atoms with van der Waals surface area (Å²) in [6.07, 6.45) is -5.08. The summed E-state index contributed by atoms with van der Waals surface area (Å²) < 4.78 is 31.7. The number of hydrogen-bond acceptors (Lipinski definition) is 3. The van der Waals surface area contributed by atoms with Gasteiger partial charge < -0.3 is 15.5 Å². The smallest absolute Gasteiger partial charge is 0.481 e. The lowest BCUT2D eigenvalue weighted by atomic mass is 9.75. The molecule has 0 amide bonds. The van der Waals surface area contributed by atoms with Crippen molar-refractivity contribution in [1.29, 1.82) is 0 Å². The van der Waals surface area contributed by atoms with E-state index in [0.717, 1.165) is 13.1 Å². The van der Waals surface area contributed by atoms with Crippen molar-refractivity contribution in [3.8, 4) is 0 Å². The van der Waals surface area contributed by atoms with E-state index in [1.807, 2.05) is 0 Å². The Labute approximate surface area is 95.6 Å². The molecule has 0 saturated carbocycles. The molecule has 100 valence electrons.